The lowest BCUT2D eigenvalue weighted by Gasteiger charge is -2.09. The molecule has 0 bridgehead atoms. The van der Waals surface area contributed by atoms with E-state index in [-0.39, 0.29) is 16.5 Å². The standard InChI is InChI=1S/C13H12ClFN2O2S/c14-12-7-11(4-5-13(12)15)17-20(18,19)8-9-2-1-3-10(16)6-9/h1-7,17H,8,16H2. The second kappa shape index (κ2) is 5.68. The predicted molar refractivity (Wildman–Crippen MR) is 78.5 cm³/mol. The lowest BCUT2D eigenvalue weighted by atomic mass is 10.2. The van der Waals surface area contributed by atoms with Gasteiger partial charge in [0.2, 0.25) is 10.0 Å². The highest BCUT2D eigenvalue weighted by molar-refractivity contribution is 7.91. The molecule has 0 saturated carbocycles. The quantitative estimate of drug-likeness (QED) is 0.852. The summed E-state index contributed by atoms with van der Waals surface area (Å²) in [4.78, 5) is 0. The molecular formula is C13H12ClFN2O2S. The molecule has 0 spiro atoms. The Morgan fingerprint density at radius 2 is 1.95 bits per heavy atom. The van der Waals surface area contributed by atoms with Gasteiger partial charge in [-0.3, -0.25) is 4.72 Å². The first kappa shape index (κ1) is 14.6. The number of benzene rings is 2. The van der Waals surface area contributed by atoms with Crippen LogP contribution in [0.3, 0.4) is 0 Å². The number of nitrogens with one attached hydrogen (secondary N) is 1. The number of hydrogen-bond donors (Lipinski definition) is 2. The highest BCUT2D eigenvalue weighted by Gasteiger charge is 2.13. The smallest absolute Gasteiger partial charge is 0.236 e. The average Bonchev–Trinajstić information content (AvgIpc) is 2.33. The van der Waals surface area contributed by atoms with Gasteiger partial charge in [-0.15, -0.1) is 0 Å². The Morgan fingerprint density at radius 3 is 2.60 bits per heavy atom. The third kappa shape index (κ3) is 3.85. The van der Waals surface area contributed by atoms with E-state index >= 15 is 0 Å². The van der Waals surface area contributed by atoms with Gasteiger partial charge in [0.05, 0.1) is 16.5 Å². The molecule has 2 aromatic carbocycles. The van der Waals surface area contributed by atoms with E-state index in [9.17, 15) is 12.8 Å². The molecule has 7 heteroatoms. The summed E-state index contributed by atoms with van der Waals surface area (Å²) in [6.45, 7) is 0. The molecule has 0 heterocycles. The Balaban J connectivity index is 2.17. The number of halogens is 2. The summed E-state index contributed by atoms with van der Waals surface area (Å²) < 4.78 is 39.3. The van der Waals surface area contributed by atoms with Crippen LogP contribution in [-0.4, -0.2) is 8.42 Å². The molecule has 0 aromatic heterocycles. The minimum absolute atomic E-state index is 0.144. The largest absolute Gasteiger partial charge is 0.399 e. The third-order valence-electron chi connectivity index (χ3n) is 2.50. The predicted octanol–water partition coefficient (Wildman–Crippen LogP) is 3.00. The van der Waals surface area contributed by atoms with E-state index in [1.54, 1.807) is 24.3 Å². The van der Waals surface area contributed by atoms with Crippen molar-refractivity contribution in [3.8, 4) is 0 Å². The Bertz CT molecular complexity index is 735. The zero-order valence-electron chi connectivity index (χ0n) is 10.3. The number of anilines is 2. The normalized spacial score (nSPS) is 11.3. The minimum Gasteiger partial charge on any atom is -0.399 e. The van der Waals surface area contributed by atoms with Crippen LogP contribution in [-0.2, 0) is 15.8 Å². The zero-order chi connectivity index (χ0) is 14.8. The highest BCUT2D eigenvalue weighted by atomic mass is 35.5. The molecule has 0 saturated heterocycles. The van der Waals surface area contributed by atoms with E-state index in [1.165, 1.54) is 12.1 Å². The van der Waals surface area contributed by atoms with Gasteiger partial charge in [0.1, 0.15) is 5.82 Å². The van der Waals surface area contributed by atoms with Gasteiger partial charge in [-0.1, -0.05) is 23.7 Å². The molecule has 0 amide bonds. The van der Waals surface area contributed by atoms with Crippen molar-refractivity contribution in [2.45, 2.75) is 5.75 Å². The number of nitrogens with two attached hydrogens (primary N) is 1. The van der Waals surface area contributed by atoms with Gasteiger partial charge in [-0.2, -0.15) is 0 Å². The van der Waals surface area contributed by atoms with Crippen LogP contribution in [0.1, 0.15) is 5.56 Å². The first-order chi connectivity index (χ1) is 9.35. The van der Waals surface area contributed by atoms with Crippen molar-refractivity contribution in [1.82, 2.24) is 0 Å². The van der Waals surface area contributed by atoms with E-state index in [0.29, 0.717) is 11.3 Å². The second-order valence-electron chi connectivity index (χ2n) is 4.24. The molecule has 0 atom stereocenters. The average molecular weight is 315 g/mol. The van der Waals surface area contributed by atoms with Gasteiger partial charge in [0, 0.05) is 5.69 Å². The molecule has 4 nitrogen and oxygen atoms in total. The van der Waals surface area contributed by atoms with Crippen LogP contribution < -0.4 is 10.5 Å². The van der Waals surface area contributed by atoms with E-state index in [4.69, 9.17) is 17.3 Å². The molecule has 0 radical (unpaired) electrons. The maximum absolute atomic E-state index is 13.0. The molecule has 0 fully saturated rings. The van der Waals surface area contributed by atoms with Crippen molar-refractivity contribution in [3.05, 3.63) is 58.9 Å². The molecule has 106 valence electrons. The summed E-state index contributed by atoms with van der Waals surface area (Å²) in [5.74, 6) is -0.835. The van der Waals surface area contributed by atoms with Crippen LogP contribution in [0.4, 0.5) is 15.8 Å². The van der Waals surface area contributed by atoms with E-state index in [1.807, 2.05) is 0 Å². The van der Waals surface area contributed by atoms with Crippen LogP contribution in [0.25, 0.3) is 0 Å². The van der Waals surface area contributed by atoms with Crippen molar-refractivity contribution < 1.29 is 12.8 Å². The number of rotatable bonds is 4. The van der Waals surface area contributed by atoms with E-state index in [0.717, 1.165) is 6.07 Å². The molecule has 0 unspecified atom stereocenters. The summed E-state index contributed by atoms with van der Waals surface area (Å²) in [7, 11) is -3.62. The van der Waals surface area contributed by atoms with Gasteiger partial charge in [-0.05, 0) is 35.9 Å². The Labute approximate surface area is 121 Å². The van der Waals surface area contributed by atoms with Crippen LogP contribution in [0.2, 0.25) is 5.02 Å². The fourth-order valence-electron chi connectivity index (χ4n) is 1.68. The van der Waals surface area contributed by atoms with Gasteiger partial charge in [-0.25, -0.2) is 12.8 Å². The topological polar surface area (TPSA) is 72.2 Å². The first-order valence-electron chi connectivity index (χ1n) is 5.66. The second-order valence-corrected chi connectivity index (χ2v) is 6.36. The van der Waals surface area contributed by atoms with Crippen LogP contribution in [0.15, 0.2) is 42.5 Å². The summed E-state index contributed by atoms with van der Waals surface area (Å²) in [6.07, 6.45) is 0. The Morgan fingerprint density at radius 1 is 1.20 bits per heavy atom. The molecular weight excluding hydrogens is 303 g/mol. The van der Waals surface area contributed by atoms with Crippen LogP contribution in [0, 0.1) is 5.82 Å². The van der Waals surface area contributed by atoms with E-state index < -0.39 is 15.8 Å². The highest BCUT2D eigenvalue weighted by Crippen LogP contribution is 2.21. The Hall–Kier alpha value is -1.79. The molecule has 20 heavy (non-hydrogen) atoms. The van der Waals surface area contributed by atoms with Gasteiger partial charge in [0.25, 0.3) is 0 Å². The number of nitrogen functional groups attached to an aromatic ring is 1. The van der Waals surface area contributed by atoms with Crippen LogP contribution >= 0.6 is 11.6 Å². The summed E-state index contributed by atoms with van der Waals surface area (Å²) >= 11 is 5.60. The maximum atomic E-state index is 13.0. The summed E-state index contributed by atoms with van der Waals surface area (Å²) in [5, 5.41) is -0.144. The molecule has 2 rings (SSSR count). The molecule has 2 aromatic rings. The molecule has 0 aliphatic heterocycles. The number of hydrogen-bond acceptors (Lipinski definition) is 3. The monoisotopic (exact) mass is 314 g/mol. The summed E-state index contributed by atoms with van der Waals surface area (Å²) in [6, 6.07) is 10.2. The summed E-state index contributed by atoms with van der Waals surface area (Å²) in [5.41, 5.74) is 6.85. The van der Waals surface area contributed by atoms with Crippen molar-refractivity contribution >= 4 is 33.0 Å². The molecule has 0 aliphatic rings. The zero-order valence-corrected chi connectivity index (χ0v) is 11.9. The number of sulfonamides is 1. The fourth-order valence-corrected chi connectivity index (χ4v) is 3.03. The molecule has 3 N–H and O–H groups in total. The lowest BCUT2D eigenvalue weighted by Crippen LogP contribution is -2.15. The maximum Gasteiger partial charge on any atom is 0.236 e. The minimum atomic E-state index is -3.62. The first-order valence-corrected chi connectivity index (χ1v) is 7.69. The van der Waals surface area contributed by atoms with Gasteiger partial charge < -0.3 is 5.73 Å². The Kier molecular flexibility index (Phi) is 4.15. The lowest BCUT2D eigenvalue weighted by molar-refractivity contribution is 0.600. The van der Waals surface area contributed by atoms with Crippen molar-refractivity contribution in [2.75, 3.05) is 10.5 Å². The van der Waals surface area contributed by atoms with Gasteiger partial charge in [0.15, 0.2) is 0 Å². The van der Waals surface area contributed by atoms with Crippen LogP contribution in [0.5, 0.6) is 0 Å². The van der Waals surface area contributed by atoms with Crippen molar-refractivity contribution in [3.63, 3.8) is 0 Å². The van der Waals surface area contributed by atoms with E-state index in [2.05, 4.69) is 4.72 Å². The fraction of sp³-hybridized carbons (Fsp3) is 0.0769. The van der Waals surface area contributed by atoms with Crippen molar-refractivity contribution in [2.24, 2.45) is 0 Å². The third-order valence-corrected chi connectivity index (χ3v) is 4.05. The molecule has 0 aliphatic carbocycles. The van der Waals surface area contributed by atoms with Crippen molar-refractivity contribution in [1.29, 1.82) is 0 Å². The SMILES string of the molecule is Nc1cccc(CS(=O)(=O)Nc2ccc(F)c(Cl)c2)c1. The van der Waals surface area contributed by atoms with Gasteiger partial charge >= 0.3 is 0 Å².